The van der Waals surface area contributed by atoms with Gasteiger partial charge in [0.25, 0.3) is 0 Å². The molecule has 0 fully saturated rings. The molecule has 3 heterocycles. The normalized spacial score (nSPS) is 11.9. The van der Waals surface area contributed by atoms with Gasteiger partial charge in [-0.25, -0.2) is 0 Å². The summed E-state index contributed by atoms with van der Waals surface area (Å²) < 4.78 is 7.24. The molecule has 0 bridgehead atoms. The van der Waals surface area contributed by atoms with Gasteiger partial charge >= 0.3 is 0 Å². The number of benzene rings is 9. The van der Waals surface area contributed by atoms with Crippen LogP contribution in [0.15, 0.2) is 212 Å². The molecule has 0 aliphatic carbocycles. The predicted octanol–water partition coefficient (Wildman–Crippen LogP) is 14.3. The van der Waals surface area contributed by atoms with Gasteiger partial charge in [0, 0.05) is 49.4 Å². The van der Waals surface area contributed by atoms with Crippen molar-refractivity contribution < 1.29 is 0 Å². The summed E-state index contributed by atoms with van der Waals surface area (Å²) in [6, 6.07) is 77.4. The third kappa shape index (κ3) is 4.73. The Bertz CT molecular complexity index is 3500. The average Bonchev–Trinajstić information content (AvgIpc) is 3.92. The summed E-state index contributed by atoms with van der Waals surface area (Å²) in [6.45, 7) is 0. The van der Waals surface area contributed by atoms with E-state index < -0.39 is 0 Å². The minimum Gasteiger partial charge on any atom is -0.309 e. The van der Waals surface area contributed by atoms with E-state index in [-0.39, 0.29) is 0 Å². The highest BCUT2D eigenvalue weighted by molar-refractivity contribution is 6.20. The van der Waals surface area contributed by atoms with Crippen molar-refractivity contribution in [3.63, 3.8) is 0 Å². The molecule has 0 amide bonds. The predicted molar refractivity (Wildman–Crippen MR) is 240 cm³/mol. The average molecular weight is 726 g/mol. The molecule has 0 saturated carbocycles. The summed E-state index contributed by atoms with van der Waals surface area (Å²) in [7, 11) is 0. The van der Waals surface area contributed by atoms with Crippen LogP contribution >= 0.6 is 0 Å². The third-order valence-corrected chi connectivity index (χ3v) is 11.8. The zero-order chi connectivity index (χ0) is 37.5. The molecule has 266 valence electrons. The quantitative estimate of drug-likeness (QED) is 0.168. The van der Waals surface area contributed by atoms with Crippen molar-refractivity contribution in [1.29, 1.82) is 0 Å². The molecule has 0 atom stereocenters. The molecule has 0 saturated heterocycles. The van der Waals surface area contributed by atoms with Crippen molar-refractivity contribution in [3.8, 4) is 39.3 Å². The fourth-order valence-corrected chi connectivity index (χ4v) is 9.44. The lowest BCUT2D eigenvalue weighted by Gasteiger charge is -2.15. The highest BCUT2D eigenvalue weighted by Crippen LogP contribution is 2.46. The molecule has 12 rings (SSSR count). The number of aromatic nitrogens is 3. The van der Waals surface area contributed by atoms with Gasteiger partial charge in [0.1, 0.15) is 0 Å². The van der Waals surface area contributed by atoms with E-state index in [2.05, 4.69) is 226 Å². The number of fused-ring (bicyclic) bond motifs is 9. The van der Waals surface area contributed by atoms with Gasteiger partial charge in [0.15, 0.2) is 0 Å². The number of rotatable bonds is 5. The monoisotopic (exact) mass is 725 g/mol. The lowest BCUT2D eigenvalue weighted by atomic mass is 9.90. The molecule has 0 aliphatic rings. The molecule has 0 unspecified atom stereocenters. The van der Waals surface area contributed by atoms with E-state index in [1.165, 1.54) is 87.7 Å². The van der Waals surface area contributed by atoms with E-state index in [4.69, 9.17) is 0 Å². The van der Waals surface area contributed by atoms with Crippen molar-refractivity contribution >= 4 is 65.4 Å². The van der Waals surface area contributed by atoms with Crippen LogP contribution in [-0.2, 0) is 0 Å². The molecule has 0 spiro atoms. The van der Waals surface area contributed by atoms with E-state index in [1.54, 1.807) is 0 Å². The van der Waals surface area contributed by atoms with Crippen molar-refractivity contribution in [3.05, 3.63) is 212 Å². The van der Waals surface area contributed by atoms with Crippen LogP contribution in [0.2, 0.25) is 0 Å². The Hall–Kier alpha value is -7.62. The van der Waals surface area contributed by atoms with Gasteiger partial charge in [-0.3, -0.25) is 0 Å². The molecular weight excluding hydrogens is 691 g/mol. The SMILES string of the molecule is c1ccc(-c2ccc3c(c2-c2ccc4c(c2)c2ccccc2n4-c2ccc4c(c2)c2ccccc2n4-c2ccccc2)c2ccccc2n3-c2ccccc2)cc1. The summed E-state index contributed by atoms with van der Waals surface area (Å²) in [5, 5.41) is 7.47. The Kier molecular flexibility index (Phi) is 6.93. The largest absolute Gasteiger partial charge is 0.309 e. The molecule has 57 heavy (non-hydrogen) atoms. The topological polar surface area (TPSA) is 14.8 Å². The van der Waals surface area contributed by atoms with Crippen LogP contribution in [0.1, 0.15) is 0 Å². The first kappa shape index (κ1) is 31.7. The van der Waals surface area contributed by atoms with Crippen LogP contribution in [0.5, 0.6) is 0 Å². The van der Waals surface area contributed by atoms with E-state index in [9.17, 15) is 0 Å². The van der Waals surface area contributed by atoms with Crippen LogP contribution in [0.25, 0.3) is 105 Å². The van der Waals surface area contributed by atoms with Gasteiger partial charge in [0.2, 0.25) is 0 Å². The van der Waals surface area contributed by atoms with Crippen molar-refractivity contribution in [2.24, 2.45) is 0 Å². The fraction of sp³-hybridized carbons (Fsp3) is 0. The molecule has 0 N–H and O–H groups in total. The summed E-state index contributed by atoms with van der Waals surface area (Å²) in [5.74, 6) is 0. The summed E-state index contributed by atoms with van der Waals surface area (Å²) in [6.07, 6.45) is 0. The summed E-state index contributed by atoms with van der Waals surface area (Å²) in [5.41, 5.74) is 15.5. The number of nitrogens with zero attached hydrogens (tertiary/aromatic N) is 3. The van der Waals surface area contributed by atoms with Crippen LogP contribution in [-0.4, -0.2) is 13.7 Å². The van der Waals surface area contributed by atoms with Crippen LogP contribution in [0.4, 0.5) is 0 Å². The molecular formula is C54H35N3. The third-order valence-electron chi connectivity index (χ3n) is 11.8. The molecule has 3 heteroatoms. The van der Waals surface area contributed by atoms with Crippen molar-refractivity contribution in [2.45, 2.75) is 0 Å². The second kappa shape index (κ2) is 12.5. The van der Waals surface area contributed by atoms with Gasteiger partial charge in [-0.1, -0.05) is 133 Å². The van der Waals surface area contributed by atoms with E-state index >= 15 is 0 Å². The first-order chi connectivity index (χ1) is 28.3. The highest BCUT2D eigenvalue weighted by atomic mass is 15.0. The van der Waals surface area contributed by atoms with E-state index in [1.807, 2.05) is 0 Å². The van der Waals surface area contributed by atoms with Gasteiger partial charge < -0.3 is 13.7 Å². The molecule has 3 nitrogen and oxygen atoms in total. The van der Waals surface area contributed by atoms with Crippen molar-refractivity contribution in [2.75, 3.05) is 0 Å². The lowest BCUT2D eigenvalue weighted by Crippen LogP contribution is -1.96. The maximum atomic E-state index is 2.45. The number of hydrogen-bond donors (Lipinski definition) is 0. The first-order valence-corrected chi connectivity index (χ1v) is 19.6. The van der Waals surface area contributed by atoms with E-state index in [0.29, 0.717) is 0 Å². The minimum atomic E-state index is 1.15. The second-order valence-corrected chi connectivity index (χ2v) is 14.9. The molecule has 12 aromatic rings. The Balaban J connectivity index is 1.13. The standard InChI is InChI=1S/C54H35N3/c1-4-16-36(17-5-1)41-30-33-52-54(44-24-12-15-27-49(44)56(52)39-20-8-3-9-21-39)53(41)37-28-31-50-45(34-37)42-22-10-14-26-48(42)57(50)40-29-32-51-46(35-40)43-23-11-13-25-47(43)55(51)38-18-6-2-7-19-38/h1-35H. The van der Waals surface area contributed by atoms with Gasteiger partial charge in [-0.2, -0.15) is 0 Å². The number of para-hydroxylation sites is 5. The minimum absolute atomic E-state index is 1.15. The summed E-state index contributed by atoms with van der Waals surface area (Å²) >= 11 is 0. The Labute approximate surface area is 329 Å². The second-order valence-electron chi connectivity index (χ2n) is 14.9. The Morgan fingerprint density at radius 1 is 0.246 bits per heavy atom. The maximum absolute atomic E-state index is 2.45. The fourth-order valence-electron chi connectivity index (χ4n) is 9.44. The lowest BCUT2D eigenvalue weighted by molar-refractivity contribution is 1.17. The maximum Gasteiger partial charge on any atom is 0.0547 e. The zero-order valence-electron chi connectivity index (χ0n) is 31.0. The van der Waals surface area contributed by atoms with Crippen molar-refractivity contribution in [1.82, 2.24) is 13.7 Å². The van der Waals surface area contributed by atoms with Gasteiger partial charge in [-0.05, 0) is 101 Å². The number of hydrogen-bond acceptors (Lipinski definition) is 0. The molecule has 3 aromatic heterocycles. The van der Waals surface area contributed by atoms with Crippen LogP contribution < -0.4 is 0 Å². The highest BCUT2D eigenvalue weighted by Gasteiger charge is 2.22. The van der Waals surface area contributed by atoms with Gasteiger partial charge in [-0.15, -0.1) is 0 Å². The summed E-state index contributed by atoms with van der Waals surface area (Å²) in [4.78, 5) is 0. The van der Waals surface area contributed by atoms with Gasteiger partial charge in [0.05, 0.1) is 33.1 Å². The molecule has 0 radical (unpaired) electrons. The zero-order valence-corrected chi connectivity index (χ0v) is 31.0. The van der Waals surface area contributed by atoms with Crippen LogP contribution in [0, 0.1) is 0 Å². The Morgan fingerprint density at radius 2 is 0.684 bits per heavy atom. The molecule has 9 aromatic carbocycles. The first-order valence-electron chi connectivity index (χ1n) is 19.6. The van der Waals surface area contributed by atoms with Crippen LogP contribution in [0.3, 0.4) is 0 Å². The Morgan fingerprint density at radius 3 is 1.32 bits per heavy atom. The molecule has 0 aliphatic heterocycles. The van der Waals surface area contributed by atoms with E-state index in [0.717, 1.165) is 17.1 Å². The smallest absolute Gasteiger partial charge is 0.0547 e.